The molecule has 1 N–H and O–H groups in total. The van der Waals surface area contributed by atoms with Gasteiger partial charge in [0.2, 0.25) is 5.91 Å². The van der Waals surface area contributed by atoms with Gasteiger partial charge in [-0.15, -0.1) is 0 Å². The molecule has 1 rings (SSSR count). The Labute approximate surface area is 118 Å². The first-order valence-electron chi connectivity index (χ1n) is 6.27. The Balaban J connectivity index is 2.79. The lowest BCUT2D eigenvalue weighted by molar-refractivity contribution is -0.117. The monoisotopic (exact) mass is 312 g/mol. The molecule has 0 aliphatic rings. The number of aryl methyl sites for hydroxylation is 1. The van der Waals surface area contributed by atoms with Crippen LogP contribution in [0.1, 0.15) is 25.0 Å². The first kappa shape index (κ1) is 15.2. The SMILES string of the molecule is CCN(CC)CC(=O)Nc1c(C)ccc(Br)c1C. The van der Waals surface area contributed by atoms with Gasteiger partial charge in [-0.3, -0.25) is 9.69 Å². The standard InChI is InChI=1S/C14H21BrN2O/c1-5-17(6-2)9-13(18)16-14-10(3)7-8-12(15)11(14)4/h7-8H,5-6,9H2,1-4H3,(H,16,18). The molecule has 0 heterocycles. The minimum Gasteiger partial charge on any atom is -0.324 e. The molecular weight excluding hydrogens is 292 g/mol. The van der Waals surface area contributed by atoms with Crippen LogP contribution in [0.4, 0.5) is 5.69 Å². The Bertz CT molecular complexity index is 428. The van der Waals surface area contributed by atoms with E-state index in [4.69, 9.17) is 0 Å². The number of benzene rings is 1. The molecule has 0 aromatic heterocycles. The van der Waals surface area contributed by atoms with Gasteiger partial charge in [0, 0.05) is 10.2 Å². The zero-order valence-corrected chi connectivity index (χ0v) is 13.1. The van der Waals surface area contributed by atoms with Crippen molar-refractivity contribution in [2.45, 2.75) is 27.7 Å². The van der Waals surface area contributed by atoms with Crippen LogP contribution in [0, 0.1) is 13.8 Å². The molecular formula is C14H21BrN2O. The number of hydrogen-bond acceptors (Lipinski definition) is 2. The summed E-state index contributed by atoms with van der Waals surface area (Å²) < 4.78 is 1.02. The number of carbonyl (C=O) groups is 1. The van der Waals surface area contributed by atoms with Gasteiger partial charge in [-0.05, 0) is 44.1 Å². The summed E-state index contributed by atoms with van der Waals surface area (Å²) in [5.74, 6) is 0.0444. The summed E-state index contributed by atoms with van der Waals surface area (Å²) in [5, 5.41) is 3.01. The van der Waals surface area contributed by atoms with Crippen molar-refractivity contribution in [3.63, 3.8) is 0 Å². The summed E-state index contributed by atoms with van der Waals surface area (Å²) in [4.78, 5) is 14.1. The number of hydrogen-bond donors (Lipinski definition) is 1. The number of carbonyl (C=O) groups excluding carboxylic acids is 1. The van der Waals surface area contributed by atoms with Gasteiger partial charge in [0.15, 0.2) is 0 Å². The highest BCUT2D eigenvalue weighted by Gasteiger charge is 2.11. The summed E-state index contributed by atoms with van der Waals surface area (Å²) in [6.07, 6.45) is 0. The quantitative estimate of drug-likeness (QED) is 0.904. The third-order valence-electron chi connectivity index (χ3n) is 3.13. The van der Waals surface area contributed by atoms with Gasteiger partial charge >= 0.3 is 0 Å². The number of amides is 1. The molecule has 0 atom stereocenters. The molecule has 1 aromatic carbocycles. The van der Waals surface area contributed by atoms with Crippen molar-refractivity contribution in [3.8, 4) is 0 Å². The van der Waals surface area contributed by atoms with Crippen molar-refractivity contribution in [1.29, 1.82) is 0 Å². The zero-order valence-electron chi connectivity index (χ0n) is 11.5. The topological polar surface area (TPSA) is 32.3 Å². The van der Waals surface area contributed by atoms with Crippen LogP contribution in [-0.2, 0) is 4.79 Å². The number of nitrogens with one attached hydrogen (secondary N) is 1. The fraction of sp³-hybridized carbons (Fsp3) is 0.500. The third kappa shape index (κ3) is 3.82. The molecule has 0 spiro atoms. The van der Waals surface area contributed by atoms with E-state index in [1.165, 1.54) is 0 Å². The van der Waals surface area contributed by atoms with Gasteiger partial charge in [0.1, 0.15) is 0 Å². The minimum atomic E-state index is 0.0444. The van der Waals surface area contributed by atoms with E-state index >= 15 is 0 Å². The first-order chi connectivity index (χ1) is 8.49. The third-order valence-corrected chi connectivity index (χ3v) is 3.99. The lowest BCUT2D eigenvalue weighted by Crippen LogP contribution is -2.33. The van der Waals surface area contributed by atoms with Crippen molar-refractivity contribution < 1.29 is 4.79 Å². The maximum atomic E-state index is 12.0. The van der Waals surface area contributed by atoms with Crippen LogP contribution in [0.5, 0.6) is 0 Å². The molecule has 4 heteroatoms. The van der Waals surface area contributed by atoms with Crippen LogP contribution in [0.3, 0.4) is 0 Å². The van der Waals surface area contributed by atoms with E-state index in [0.717, 1.165) is 34.4 Å². The van der Waals surface area contributed by atoms with Gasteiger partial charge in [0.05, 0.1) is 6.54 Å². The second-order valence-corrected chi connectivity index (χ2v) is 5.23. The molecule has 100 valence electrons. The molecule has 0 aliphatic heterocycles. The van der Waals surface area contributed by atoms with Gasteiger partial charge < -0.3 is 5.32 Å². The summed E-state index contributed by atoms with van der Waals surface area (Å²) in [6.45, 7) is 10.4. The van der Waals surface area contributed by atoms with Crippen LogP contribution in [0.2, 0.25) is 0 Å². The minimum absolute atomic E-state index is 0.0444. The molecule has 1 aromatic rings. The molecule has 0 aliphatic carbocycles. The highest BCUT2D eigenvalue weighted by atomic mass is 79.9. The molecule has 0 radical (unpaired) electrons. The Morgan fingerprint density at radius 3 is 2.44 bits per heavy atom. The molecule has 0 saturated carbocycles. The Hall–Kier alpha value is -0.870. The number of nitrogens with zero attached hydrogens (tertiary/aromatic N) is 1. The number of rotatable bonds is 5. The Morgan fingerprint density at radius 2 is 1.89 bits per heavy atom. The first-order valence-corrected chi connectivity index (χ1v) is 7.06. The number of anilines is 1. The van der Waals surface area contributed by atoms with E-state index in [1.807, 2.05) is 26.0 Å². The normalized spacial score (nSPS) is 10.8. The lowest BCUT2D eigenvalue weighted by Gasteiger charge is -2.19. The van der Waals surface area contributed by atoms with Gasteiger partial charge in [-0.2, -0.15) is 0 Å². The highest BCUT2D eigenvalue weighted by molar-refractivity contribution is 9.10. The molecule has 3 nitrogen and oxygen atoms in total. The van der Waals surface area contributed by atoms with Crippen molar-refractivity contribution in [1.82, 2.24) is 4.90 Å². The van der Waals surface area contributed by atoms with Crippen molar-refractivity contribution in [2.24, 2.45) is 0 Å². The van der Waals surface area contributed by atoms with E-state index in [-0.39, 0.29) is 5.91 Å². The van der Waals surface area contributed by atoms with Crippen LogP contribution < -0.4 is 5.32 Å². The molecule has 0 fully saturated rings. The highest BCUT2D eigenvalue weighted by Crippen LogP contribution is 2.27. The maximum absolute atomic E-state index is 12.0. The van der Waals surface area contributed by atoms with Crippen LogP contribution in [-0.4, -0.2) is 30.4 Å². The fourth-order valence-corrected chi connectivity index (χ4v) is 2.17. The van der Waals surface area contributed by atoms with Crippen LogP contribution in [0.15, 0.2) is 16.6 Å². The van der Waals surface area contributed by atoms with Gasteiger partial charge in [0.25, 0.3) is 0 Å². The van der Waals surface area contributed by atoms with E-state index in [1.54, 1.807) is 0 Å². The lowest BCUT2D eigenvalue weighted by atomic mass is 10.1. The van der Waals surface area contributed by atoms with Crippen LogP contribution >= 0.6 is 15.9 Å². The summed E-state index contributed by atoms with van der Waals surface area (Å²) in [5.41, 5.74) is 3.08. The largest absolute Gasteiger partial charge is 0.324 e. The fourth-order valence-electron chi connectivity index (χ4n) is 1.84. The summed E-state index contributed by atoms with van der Waals surface area (Å²) >= 11 is 3.49. The van der Waals surface area contributed by atoms with Crippen molar-refractivity contribution in [3.05, 3.63) is 27.7 Å². The summed E-state index contributed by atoms with van der Waals surface area (Å²) in [6, 6.07) is 4.01. The average molecular weight is 313 g/mol. The second-order valence-electron chi connectivity index (χ2n) is 4.37. The predicted octanol–water partition coefficient (Wildman–Crippen LogP) is 3.35. The molecule has 0 bridgehead atoms. The Morgan fingerprint density at radius 1 is 1.28 bits per heavy atom. The van der Waals surface area contributed by atoms with Crippen LogP contribution in [0.25, 0.3) is 0 Å². The van der Waals surface area contributed by atoms with E-state index in [0.29, 0.717) is 6.54 Å². The smallest absolute Gasteiger partial charge is 0.238 e. The summed E-state index contributed by atoms with van der Waals surface area (Å²) in [7, 11) is 0. The number of likely N-dealkylation sites (N-methyl/N-ethyl adjacent to an activating group) is 1. The predicted molar refractivity (Wildman–Crippen MR) is 80.0 cm³/mol. The second kappa shape index (κ2) is 6.90. The maximum Gasteiger partial charge on any atom is 0.238 e. The van der Waals surface area contributed by atoms with Crippen molar-refractivity contribution >= 4 is 27.5 Å². The molecule has 18 heavy (non-hydrogen) atoms. The molecule has 0 saturated heterocycles. The van der Waals surface area contributed by atoms with Crippen molar-refractivity contribution in [2.75, 3.05) is 25.0 Å². The van der Waals surface area contributed by atoms with E-state index in [9.17, 15) is 4.79 Å². The molecule has 0 unspecified atom stereocenters. The van der Waals surface area contributed by atoms with E-state index in [2.05, 4.69) is 40.0 Å². The van der Waals surface area contributed by atoms with Gasteiger partial charge in [-0.25, -0.2) is 0 Å². The average Bonchev–Trinajstić information content (AvgIpc) is 2.36. The number of halogens is 1. The Kier molecular flexibility index (Phi) is 5.82. The van der Waals surface area contributed by atoms with E-state index < -0.39 is 0 Å². The molecule has 1 amide bonds. The zero-order chi connectivity index (χ0) is 13.7. The van der Waals surface area contributed by atoms with Gasteiger partial charge in [-0.1, -0.05) is 35.8 Å².